The normalized spacial score (nSPS) is 10.8. The average molecular weight is 174 g/mol. The third-order valence-corrected chi connectivity index (χ3v) is 0.995. The molecule has 4 nitrogen and oxygen atoms in total. The minimum Gasteiger partial charge on any atom is -0.221 e. The van der Waals surface area contributed by atoms with E-state index in [4.69, 9.17) is 5.26 Å². The molecule has 0 saturated carbocycles. The van der Waals surface area contributed by atoms with Gasteiger partial charge in [0.1, 0.15) is 12.4 Å². The molecule has 0 aromatic carbocycles. The van der Waals surface area contributed by atoms with Crippen LogP contribution in [0.4, 0.5) is 13.2 Å². The molecule has 1 rings (SSSR count). The summed E-state index contributed by atoms with van der Waals surface area (Å²) in [4.78, 5) is 3.11. The van der Waals surface area contributed by atoms with E-state index in [0.29, 0.717) is 0 Å². The van der Waals surface area contributed by atoms with Crippen molar-refractivity contribution in [1.82, 2.24) is 15.2 Å². The Morgan fingerprint density at radius 3 is 2.50 bits per heavy atom. The van der Waals surface area contributed by atoms with Gasteiger partial charge >= 0.3 is 6.18 Å². The van der Waals surface area contributed by atoms with Crippen LogP contribution < -0.4 is 0 Å². The van der Waals surface area contributed by atoms with Crippen LogP contribution in [0.3, 0.4) is 0 Å². The first-order valence-electron chi connectivity index (χ1n) is 2.70. The fourth-order valence-electron chi connectivity index (χ4n) is 0.548. The summed E-state index contributed by atoms with van der Waals surface area (Å²) in [7, 11) is 0. The van der Waals surface area contributed by atoms with Crippen LogP contribution in [0.15, 0.2) is 6.33 Å². The van der Waals surface area contributed by atoms with Crippen molar-refractivity contribution in [3.63, 3.8) is 0 Å². The lowest BCUT2D eigenvalue weighted by molar-refractivity contribution is -0.142. The van der Waals surface area contributed by atoms with Crippen LogP contribution in [0, 0.1) is 11.3 Å². The number of aromatic nitrogens is 3. The van der Waals surface area contributed by atoms with Gasteiger partial charge in [-0.15, -0.1) is 10.2 Å². The number of alkyl halides is 3. The third-order valence-electron chi connectivity index (χ3n) is 0.995. The third kappa shape index (κ3) is 1.47. The molecule has 1 aromatic heterocycles. The molecule has 1 heterocycles. The van der Waals surface area contributed by atoms with Crippen molar-refractivity contribution < 1.29 is 13.2 Å². The van der Waals surface area contributed by atoms with E-state index < -0.39 is 17.6 Å². The summed E-state index contributed by atoms with van der Waals surface area (Å²) in [5, 5.41) is 13.9. The van der Waals surface area contributed by atoms with E-state index in [1.807, 2.05) is 0 Å². The summed E-state index contributed by atoms with van der Waals surface area (Å²) in [5.74, 6) is 0. The molecular formula is C5HF3N4. The lowest BCUT2D eigenvalue weighted by Crippen LogP contribution is -2.12. The molecule has 12 heavy (non-hydrogen) atoms. The van der Waals surface area contributed by atoms with Gasteiger partial charge in [0, 0.05) is 0 Å². The highest BCUT2D eigenvalue weighted by Crippen LogP contribution is 2.28. The van der Waals surface area contributed by atoms with E-state index in [-0.39, 0.29) is 0 Å². The fourth-order valence-corrected chi connectivity index (χ4v) is 0.548. The van der Waals surface area contributed by atoms with Gasteiger partial charge in [-0.2, -0.15) is 18.4 Å². The number of nitriles is 1. The zero-order valence-electron chi connectivity index (χ0n) is 5.50. The fraction of sp³-hybridized carbons (Fsp3) is 0.200. The highest BCUT2D eigenvalue weighted by Gasteiger charge is 2.36. The van der Waals surface area contributed by atoms with Crippen molar-refractivity contribution >= 4 is 0 Å². The Bertz CT molecular complexity index is 326. The van der Waals surface area contributed by atoms with Crippen LogP contribution in [-0.2, 0) is 6.18 Å². The molecule has 0 N–H and O–H groups in total. The average Bonchev–Trinajstić information content (AvgIpc) is 2.03. The second kappa shape index (κ2) is 2.73. The molecule has 1 aromatic rings. The van der Waals surface area contributed by atoms with Gasteiger partial charge in [-0.05, 0) is 0 Å². The summed E-state index contributed by atoms with van der Waals surface area (Å²) in [6, 6.07) is 1.27. The number of rotatable bonds is 0. The van der Waals surface area contributed by atoms with Crippen LogP contribution in [0.25, 0.3) is 0 Å². The molecule has 0 saturated heterocycles. The van der Waals surface area contributed by atoms with Crippen LogP contribution in [0.2, 0.25) is 0 Å². The van der Waals surface area contributed by atoms with E-state index in [2.05, 4.69) is 15.2 Å². The lowest BCUT2D eigenvalue weighted by Gasteiger charge is -2.03. The summed E-state index contributed by atoms with van der Waals surface area (Å²) in [6.45, 7) is 0. The van der Waals surface area contributed by atoms with Gasteiger partial charge in [0.2, 0.25) is 5.69 Å². The molecule has 0 atom stereocenters. The largest absolute Gasteiger partial charge is 0.438 e. The first kappa shape index (κ1) is 8.39. The van der Waals surface area contributed by atoms with Gasteiger partial charge in [-0.25, -0.2) is 4.98 Å². The smallest absolute Gasteiger partial charge is 0.221 e. The number of hydrogen-bond acceptors (Lipinski definition) is 4. The van der Waals surface area contributed by atoms with Crippen molar-refractivity contribution in [1.29, 1.82) is 5.26 Å². The standard InChI is InChI=1S/C5HF3N4/c6-5(7,8)4-3(1-9)10-2-11-12-4/h2H. The molecule has 0 aliphatic rings. The Morgan fingerprint density at radius 1 is 1.42 bits per heavy atom. The molecular weight excluding hydrogens is 173 g/mol. The van der Waals surface area contributed by atoms with Crippen molar-refractivity contribution in [3.05, 3.63) is 17.7 Å². The second-order valence-corrected chi connectivity index (χ2v) is 1.77. The van der Waals surface area contributed by atoms with Gasteiger partial charge < -0.3 is 0 Å². The van der Waals surface area contributed by atoms with Gasteiger partial charge in [0.05, 0.1) is 0 Å². The van der Waals surface area contributed by atoms with E-state index >= 15 is 0 Å². The van der Waals surface area contributed by atoms with Gasteiger partial charge in [-0.1, -0.05) is 0 Å². The zero-order chi connectivity index (χ0) is 9.19. The number of hydrogen-bond donors (Lipinski definition) is 0. The topological polar surface area (TPSA) is 62.5 Å². The Labute approximate surface area is 64.7 Å². The summed E-state index contributed by atoms with van der Waals surface area (Å²) < 4.78 is 35.8. The Kier molecular flexibility index (Phi) is 1.91. The summed E-state index contributed by atoms with van der Waals surface area (Å²) >= 11 is 0. The van der Waals surface area contributed by atoms with E-state index in [0.717, 1.165) is 6.33 Å². The quantitative estimate of drug-likeness (QED) is 0.582. The molecule has 0 bridgehead atoms. The highest BCUT2D eigenvalue weighted by molar-refractivity contribution is 5.25. The van der Waals surface area contributed by atoms with Crippen molar-refractivity contribution in [2.45, 2.75) is 6.18 Å². The van der Waals surface area contributed by atoms with Crippen LogP contribution in [-0.4, -0.2) is 15.2 Å². The molecule has 0 fully saturated rings. The highest BCUT2D eigenvalue weighted by atomic mass is 19.4. The molecule has 0 amide bonds. The molecule has 7 heteroatoms. The predicted molar refractivity (Wildman–Crippen MR) is 29.5 cm³/mol. The maximum Gasteiger partial charge on any atom is 0.438 e. The van der Waals surface area contributed by atoms with Crippen LogP contribution in [0.1, 0.15) is 11.4 Å². The number of halogens is 3. The van der Waals surface area contributed by atoms with Gasteiger partial charge in [0.25, 0.3) is 0 Å². The maximum absolute atomic E-state index is 11.9. The van der Waals surface area contributed by atoms with E-state index in [9.17, 15) is 13.2 Å². The molecule has 0 spiro atoms. The molecule has 0 aliphatic heterocycles. The van der Waals surface area contributed by atoms with E-state index in [1.54, 1.807) is 0 Å². The first-order chi connectivity index (χ1) is 5.55. The van der Waals surface area contributed by atoms with Gasteiger partial charge in [-0.3, -0.25) is 0 Å². The van der Waals surface area contributed by atoms with Crippen LogP contribution >= 0.6 is 0 Å². The monoisotopic (exact) mass is 174 g/mol. The van der Waals surface area contributed by atoms with E-state index in [1.165, 1.54) is 6.07 Å². The van der Waals surface area contributed by atoms with Crippen molar-refractivity contribution in [2.75, 3.05) is 0 Å². The maximum atomic E-state index is 11.9. The van der Waals surface area contributed by atoms with Crippen molar-refractivity contribution in [3.8, 4) is 6.07 Å². The molecule has 0 aliphatic carbocycles. The Balaban J connectivity index is 3.26. The summed E-state index contributed by atoms with van der Waals surface area (Å²) in [6.07, 6.45) is -3.89. The minimum atomic E-state index is -4.67. The van der Waals surface area contributed by atoms with Crippen LogP contribution in [0.5, 0.6) is 0 Å². The Hall–Kier alpha value is -1.71. The first-order valence-corrected chi connectivity index (χ1v) is 2.70. The Morgan fingerprint density at radius 2 is 2.08 bits per heavy atom. The summed E-state index contributed by atoms with van der Waals surface area (Å²) in [5.41, 5.74) is -2.12. The minimum absolute atomic E-state index is 0.766. The zero-order valence-corrected chi connectivity index (χ0v) is 5.50. The molecule has 0 radical (unpaired) electrons. The molecule has 0 unspecified atom stereocenters. The van der Waals surface area contributed by atoms with Gasteiger partial charge in [0.15, 0.2) is 5.69 Å². The SMILES string of the molecule is N#Cc1ncnnc1C(F)(F)F. The second-order valence-electron chi connectivity index (χ2n) is 1.77. The number of nitrogens with zero attached hydrogens (tertiary/aromatic N) is 4. The predicted octanol–water partition coefficient (Wildman–Crippen LogP) is 0.762. The van der Waals surface area contributed by atoms with Crippen molar-refractivity contribution in [2.24, 2.45) is 0 Å². The molecule has 62 valence electrons. The lowest BCUT2D eigenvalue weighted by atomic mass is 10.3.